The second-order valence-electron chi connectivity index (χ2n) is 8.39. The maximum Gasteiger partial charge on any atom is 0.237 e. The fraction of sp³-hybridized carbons (Fsp3) is 0.375. The van der Waals surface area contributed by atoms with Crippen LogP contribution in [0.3, 0.4) is 0 Å². The zero-order valence-corrected chi connectivity index (χ0v) is 17.1. The van der Waals surface area contributed by atoms with Crippen LogP contribution in [0.2, 0.25) is 0 Å². The number of nitrogens with one attached hydrogen (secondary N) is 1. The van der Waals surface area contributed by atoms with E-state index in [1.54, 1.807) is 0 Å². The number of anilines is 2. The molecule has 0 unspecified atom stereocenters. The van der Waals surface area contributed by atoms with Gasteiger partial charge in [0.15, 0.2) is 5.78 Å². The molecular formula is C24H27N3O2. The summed E-state index contributed by atoms with van der Waals surface area (Å²) in [5.74, 6) is 0.236. The summed E-state index contributed by atoms with van der Waals surface area (Å²) in [6.45, 7) is 4.48. The molecule has 29 heavy (non-hydrogen) atoms. The van der Waals surface area contributed by atoms with Crippen LogP contribution < -0.4 is 10.3 Å². The molecule has 2 aliphatic rings. The van der Waals surface area contributed by atoms with Crippen molar-refractivity contribution in [2.45, 2.75) is 57.9 Å². The summed E-state index contributed by atoms with van der Waals surface area (Å²) in [6.07, 6.45) is 4.35. The van der Waals surface area contributed by atoms with Crippen LogP contribution in [-0.2, 0) is 21.5 Å². The van der Waals surface area contributed by atoms with Gasteiger partial charge in [-0.25, -0.2) is 0 Å². The lowest BCUT2D eigenvalue weighted by molar-refractivity contribution is -0.122. The van der Waals surface area contributed by atoms with Gasteiger partial charge in [0.1, 0.15) is 5.71 Å². The maximum absolute atomic E-state index is 13.1. The van der Waals surface area contributed by atoms with Crippen LogP contribution in [0.15, 0.2) is 53.6 Å². The number of benzene rings is 2. The lowest BCUT2D eigenvalue weighted by atomic mass is 9.86. The lowest BCUT2D eigenvalue weighted by Crippen LogP contribution is -2.35. The largest absolute Gasteiger partial charge is 0.307 e. The van der Waals surface area contributed by atoms with Crippen molar-refractivity contribution in [3.05, 3.63) is 59.7 Å². The summed E-state index contributed by atoms with van der Waals surface area (Å²) in [7, 11) is 0. The average Bonchev–Trinajstić information content (AvgIpc) is 2.86. The SMILES string of the molecule is CC1(C)C(=O)N(Cc2ccccc2)c2ccc(N/N=C3\CCCCCC3=O)cc21. The molecule has 1 amide bonds. The molecule has 5 nitrogen and oxygen atoms in total. The molecule has 1 heterocycles. The van der Waals surface area contributed by atoms with Gasteiger partial charge in [0.2, 0.25) is 5.91 Å². The number of ketones is 1. The number of nitrogens with zero attached hydrogens (tertiary/aromatic N) is 2. The monoisotopic (exact) mass is 389 g/mol. The van der Waals surface area contributed by atoms with Crippen molar-refractivity contribution < 1.29 is 9.59 Å². The Kier molecular flexibility index (Phi) is 5.22. The first-order chi connectivity index (χ1) is 14.0. The number of amides is 1. The van der Waals surface area contributed by atoms with Gasteiger partial charge in [-0.05, 0) is 62.4 Å². The smallest absolute Gasteiger partial charge is 0.237 e. The lowest BCUT2D eigenvalue weighted by Gasteiger charge is -2.20. The van der Waals surface area contributed by atoms with Crippen LogP contribution in [0, 0.1) is 0 Å². The zero-order chi connectivity index (χ0) is 20.4. The fourth-order valence-electron chi connectivity index (χ4n) is 4.12. The maximum atomic E-state index is 13.1. The molecule has 2 aromatic rings. The molecule has 1 N–H and O–H groups in total. The molecule has 0 radical (unpaired) electrons. The van der Waals surface area contributed by atoms with Crippen LogP contribution in [0.4, 0.5) is 11.4 Å². The molecule has 1 fully saturated rings. The van der Waals surface area contributed by atoms with Crippen molar-refractivity contribution in [3.63, 3.8) is 0 Å². The summed E-state index contributed by atoms with van der Waals surface area (Å²) in [6, 6.07) is 15.9. The topological polar surface area (TPSA) is 61.8 Å². The Balaban J connectivity index is 1.59. The Bertz CT molecular complexity index is 963. The molecule has 5 heteroatoms. The van der Waals surface area contributed by atoms with Gasteiger partial charge in [0.05, 0.1) is 17.6 Å². The zero-order valence-electron chi connectivity index (χ0n) is 17.1. The van der Waals surface area contributed by atoms with Crippen LogP contribution in [-0.4, -0.2) is 17.4 Å². The Morgan fingerprint density at radius 1 is 1.00 bits per heavy atom. The van der Waals surface area contributed by atoms with E-state index in [1.165, 1.54) is 0 Å². The minimum atomic E-state index is -0.604. The van der Waals surface area contributed by atoms with Crippen molar-refractivity contribution in [2.75, 3.05) is 10.3 Å². The van der Waals surface area contributed by atoms with Gasteiger partial charge in [-0.2, -0.15) is 5.10 Å². The Morgan fingerprint density at radius 2 is 1.76 bits per heavy atom. The highest BCUT2D eigenvalue weighted by molar-refractivity contribution is 6.40. The molecule has 0 aromatic heterocycles. The van der Waals surface area contributed by atoms with E-state index >= 15 is 0 Å². The van der Waals surface area contributed by atoms with E-state index in [4.69, 9.17) is 0 Å². The van der Waals surface area contributed by atoms with Gasteiger partial charge in [0, 0.05) is 12.1 Å². The van der Waals surface area contributed by atoms with Gasteiger partial charge >= 0.3 is 0 Å². The Hall–Kier alpha value is -2.95. The third-order valence-electron chi connectivity index (χ3n) is 5.88. The summed E-state index contributed by atoms with van der Waals surface area (Å²) >= 11 is 0. The van der Waals surface area contributed by atoms with Crippen molar-refractivity contribution >= 4 is 28.8 Å². The second kappa shape index (κ2) is 7.82. The van der Waals surface area contributed by atoms with Gasteiger partial charge in [-0.15, -0.1) is 0 Å². The normalized spacial score (nSPS) is 19.9. The third-order valence-corrected chi connectivity index (χ3v) is 5.88. The van der Waals surface area contributed by atoms with Gasteiger partial charge in [-0.3, -0.25) is 15.0 Å². The minimum absolute atomic E-state index is 0.0961. The number of carbonyl (C=O) groups excluding carboxylic acids is 2. The van der Waals surface area contributed by atoms with E-state index in [0.717, 1.165) is 48.2 Å². The van der Waals surface area contributed by atoms with Crippen molar-refractivity contribution in [3.8, 4) is 0 Å². The second-order valence-corrected chi connectivity index (χ2v) is 8.39. The number of fused-ring (bicyclic) bond motifs is 1. The van der Waals surface area contributed by atoms with Gasteiger partial charge in [-0.1, -0.05) is 36.8 Å². The van der Waals surface area contributed by atoms with Crippen molar-refractivity contribution in [2.24, 2.45) is 5.10 Å². The number of rotatable bonds is 4. The Morgan fingerprint density at radius 3 is 2.55 bits per heavy atom. The first kappa shape index (κ1) is 19.4. The number of Topliss-reactive ketones (excluding diaryl/α,β-unsaturated/α-hetero) is 1. The first-order valence-corrected chi connectivity index (χ1v) is 10.3. The molecule has 1 aliphatic heterocycles. The molecule has 1 aliphatic carbocycles. The molecule has 4 rings (SSSR count). The molecule has 0 atom stereocenters. The highest BCUT2D eigenvalue weighted by Crippen LogP contribution is 2.43. The molecule has 0 bridgehead atoms. The number of hydrogen-bond donors (Lipinski definition) is 1. The van der Waals surface area contributed by atoms with E-state index in [1.807, 2.05) is 67.3 Å². The van der Waals surface area contributed by atoms with Crippen LogP contribution >= 0.6 is 0 Å². The standard InChI is InChI=1S/C24H27N3O2/c1-24(2)19-15-18(25-26-20-11-7-4-8-12-22(20)28)13-14-21(19)27(23(24)29)16-17-9-5-3-6-10-17/h3,5-6,9-10,13-15,25H,4,7-8,11-12,16H2,1-2H3/b26-20+. The number of hydrazone groups is 1. The first-order valence-electron chi connectivity index (χ1n) is 10.3. The van der Waals surface area contributed by atoms with E-state index in [9.17, 15) is 9.59 Å². The highest BCUT2D eigenvalue weighted by Gasteiger charge is 2.43. The van der Waals surface area contributed by atoms with E-state index < -0.39 is 5.41 Å². The number of hydrogen-bond acceptors (Lipinski definition) is 4. The third kappa shape index (κ3) is 3.82. The fourth-order valence-corrected chi connectivity index (χ4v) is 4.12. The highest BCUT2D eigenvalue weighted by atomic mass is 16.2. The summed E-state index contributed by atoms with van der Waals surface area (Å²) in [5.41, 5.74) is 6.90. The van der Waals surface area contributed by atoms with E-state index in [2.05, 4.69) is 10.5 Å². The Labute approximate surface area is 171 Å². The van der Waals surface area contributed by atoms with Crippen molar-refractivity contribution in [1.82, 2.24) is 0 Å². The van der Waals surface area contributed by atoms with Crippen LogP contribution in [0.1, 0.15) is 57.1 Å². The van der Waals surface area contributed by atoms with Crippen LogP contribution in [0.25, 0.3) is 0 Å². The molecule has 150 valence electrons. The summed E-state index contributed by atoms with van der Waals surface area (Å²) in [5, 5.41) is 4.39. The van der Waals surface area contributed by atoms with Crippen molar-refractivity contribution in [1.29, 1.82) is 0 Å². The quantitative estimate of drug-likeness (QED) is 0.603. The van der Waals surface area contributed by atoms with E-state index in [-0.39, 0.29) is 11.7 Å². The minimum Gasteiger partial charge on any atom is -0.307 e. The van der Waals surface area contributed by atoms with Gasteiger partial charge in [0.25, 0.3) is 0 Å². The molecule has 0 spiro atoms. The molecule has 1 saturated carbocycles. The van der Waals surface area contributed by atoms with Gasteiger partial charge < -0.3 is 4.90 Å². The molecule has 0 saturated heterocycles. The summed E-state index contributed by atoms with van der Waals surface area (Å²) < 4.78 is 0. The predicted molar refractivity (Wildman–Crippen MR) is 116 cm³/mol. The van der Waals surface area contributed by atoms with E-state index in [0.29, 0.717) is 18.7 Å². The summed E-state index contributed by atoms with van der Waals surface area (Å²) in [4.78, 5) is 27.1. The number of carbonyl (C=O) groups is 2. The molecule has 2 aromatic carbocycles. The van der Waals surface area contributed by atoms with Crippen LogP contribution in [0.5, 0.6) is 0 Å². The average molecular weight is 389 g/mol. The predicted octanol–water partition coefficient (Wildman–Crippen LogP) is 4.81. The molecular weight excluding hydrogens is 362 g/mol.